The number of carbonyl (C=O) groups excluding carboxylic acids is 1. The zero-order valence-electron chi connectivity index (χ0n) is 11.2. The van der Waals surface area contributed by atoms with Crippen LogP contribution in [0, 0.1) is 0 Å². The molecule has 1 aliphatic rings. The number of hydrogen-bond donors (Lipinski definition) is 1. The molecule has 0 heterocycles. The highest BCUT2D eigenvalue weighted by molar-refractivity contribution is 5.82. The molecule has 1 saturated carbocycles. The Labute approximate surface area is 99.6 Å². The maximum absolute atomic E-state index is 12.2. The highest BCUT2D eigenvalue weighted by Crippen LogP contribution is 2.34. The third-order valence-electron chi connectivity index (χ3n) is 3.54. The molecular weight excluding hydrogens is 200 g/mol. The van der Waals surface area contributed by atoms with Crippen molar-refractivity contribution in [1.29, 1.82) is 0 Å². The Morgan fingerprint density at radius 1 is 1.31 bits per heavy atom. The number of carbonyl (C=O) groups is 1. The molecule has 94 valence electrons. The topological polar surface area (TPSA) is 32.3 Å². The molecule has 0 bridgehead atoms. The van der Waals surface area contributed by atoms with Crippen LogP contribution in [0.2, 0.25) is 0 Å². The van der Waals surface area contributed by atoms with Gasteiger partial charge in [0.15, 0.2) is 0 Å². The second-order valence-electron chi connectivity index (χ2n) is 5.08. The number of rotatable bonds is 7. The van der Waals surface area contributed by atoms with E-state index in [-0.39, 0.29) is 17.5 Å². The lowest BCUT2D eigenvalue weighted by molar-refractivity contribution is -0.127. The molecule has 0 aromatic carbocycles. The average molecular weight is 226 g/mol. The predicted octanol–water partition coefficient (Wildman–Crippen LogP) is 2.17. The van der Waals surface area contributed by atoms with E-state index in [2.05, 4.69) is 37.9 Å². The van der Waals surface area contributed by atoms with E-state index in [0.29, 0.717) is 0 Å². The van der Waals surface area contributed by atoms with Crippen LogP contribution in [-0.2, 0) is 4.79 Å². The van der Waals surface area contributed by atoms with Crippen molar-refractivity contribution in [3.63, 3.8) is 0 Å². The van der Waals surface area contributed by atoms with E-state index in [4.69, 9.17) is 0 Å². The first kappa shape index (κ1) is 13.5. The van der Waals surface area contributed by atoms with Crippen LogP contribution in [0.5, 0.6) is 0 Å². The van der Waals surface area contributed by atoms with Crippen LogP contribution in [0.25, 0.3) is 0 Å². The van der Waals surface area contributed by atoms with E-state index in [0.717, 1.165) is 38.8 Å². The lowest BCUT2D eigenvalue weighted by Crippen LogP contribution is -2.49. The number of amides is 1. The van der Waals surface area contributed by atoms with Gasteiger partial charge >= 0.3 is 0 Å². The summed E-state index contributed by atoms with van der Waals surface area (Å²) in [7, 11) is 0. The third kappa shape index (κ3) is 3.48. The molecule has 0 aromatic heterocycles. The van der Waals surface area contributed by atoms with Crippen molar-refractivity contribution in [3.8, 4) is 0 Å². The highest BCUT2D eigenvalue weighted by atomic mass is 16.2. The van der Waals surface area contributed by atoms with Gasteiger partial charge in [0, 0.05) is 5.54 Å². The van der Waals surface area contributed by atoms with Gasteiger partial charge in [0.1, 0.15) is 0 Å². The molecule has 0 saturated heterocycles. The van der Waals surface area contributed by atoms with Crippen molar-refractivity contribution in [2.45, 2.75) is 65.0 Å². The maximum Gasteiger partial charge on any atom is 0.237 e. The minimum absolute atomic E-state index is 0.0671. The van der Waals surface area contributed by atoms with Crippen LogP contribution >= 0.6 is 0 Å². The number of nitrogens with zero attached hydrogens (tertiary/aromatic N) is 1. The molecule has 1 atom stereocenters. The van der Waals surface area contributed by atoms with E-state index in [9.17, 15) is 4.79 Å². The normalized spacial score (nSPS) is 19.6. The Bertz CT molecular complexity index is 232. The van der Waals surface area contributed by atoms with Gasteiger partial charge in [-0.1, -0.05) is 27.2 Å². The Morgan fingerprint density at radius 3 is 2.25 bits per heavy atom. The number of nitrogens with one attached hydrogen (secondary N) is 1. The first-order chi connectivity index (χ1) is 7.56. The van der Waals surface area contributed by atoms with E-state index >= 15 is 0 Å². The molecule has 0 radical (unpaired) electrons. The lowest BCUT2D eigenvalue weighted by Gasteiger charge is -2.29. The summed E-state index contributed by atoms with van der Waals surface area (Å²) in [6, 6.07) is 0.0671. The molecular formula is C13H26N2O. The summed E-state index contributed by atoms with van der Waals surface area (Å²) in [5, 5.41) is 3.18. The van der Waals surface area contributed by atoms with Crippen molar-refractivity contribution in [2.24, 2.45) is 0 Å². The molecule has 1 amide bonds. The largest absolute Gasteiger partial charge is 0.350 e. The number of likely N-dealkylation sites (N-methyl/N-ethyl adjacent to an activating group) is 1. The van der Waals surface area contributed by atoms with Gasteiger partial charge in [0.05, 0.1) is 6.04 Å². The fourth-order valence-corrected chi connectivity index (χ4v) is 2.11. The Kier molecular flexibility index (Phi) is 4.78. The average Bonchev–Trinajstić information content (AvgIpc) is 2.96. The van der Waals surface area contributed by atoms with Gasteiger partial charge in [-0.05, 0) is 39.3 Å². The predicted molar refractivity (Wildman–Crippen MR) is 67.4 cm³/mol. The summed E-state index contributed by atoms with van der Waals surface area (Å²) in [4.78, 5) is 14.4. The Hall–Kier alpha value is -0.570. The van der Waals surface area contributed by atoms with Crippen LogP contribution in [0.3, 0.4) is 0 Å². The summed E-state index contributed by atoms with van der Waals surface area (Å²) in [6.45, 7) is 10.4. The van der Waals surface area contributed by atoms with Crippen molar-refractivity contribution in [3.05, 3.63) is 0 Å². The molecule has 0 aliphatic heterocycles. The van der Waals surface area contributed by atoms with E-state index in [1.54, 1.807) is 0 Å². The molecule has 0 spiro atoms. The van der Waals surface area contributed by atoms with Crippen molar-refractivity contribution in [1.82, 2.24) is 10.2 Å². The second-order valence-corrected chi connectivity index (χ2v) is 5.08. The quantitative estimate of drug-likeness (QED) is 0.721. The maximum atomic E-state index is 12.2. The lowest BCUT2D eigenvalue weighted by atomic mass is 10.1. The smallest absolute Gasteiger partial charge is 0.237 e. The second kappa shape index (κ2) is 5.67. The van der Waals surface area contributed by atoms with Gasteiger partial charge in [-0.2, -0.15) is 0 Å². The van der Waals surface area contributed by atoms with Gasteiger partial charge in [-0.25, -0.2) is 0 Å². The SMILES string of the molecule is CCCC(C(=O)NC1(C)CC1)N(CC)CC. The van der Waals surface area contributed by atoms with E-state index < -0.39 is 0 Å². The van der Waals surface area contributed by atoms with Crippen molar-refractivity contribution < 1.29 is 4.79 Å². The zero-order chi connectivity index (χ0) is 12.2. The van der Waals surface area contributed by atoms with Gasteiger partial charge < -0.3 is 5.32 Å². The molecule has 1 rings (SSSR count). The molecule has 0 aromatic rings. The van der Waals surface area contributed by atoms with Crippen molar-refractivity contribution >= 4 is 5.91 Å². The van der Waals surface area contributed by atoms with Gasteiger partial charge in [-0.3, -0.25) is 9.69 Å². The third-order valence-corrected chi connectivity index (χ3v) is 3.54. The number of hydrogen-bond acceptors (Lipinski definition) is 2. The van der Waals surface area contributed by atoms with Crippen LogP contribution in [0.4, 0.5) is 0 Å². The molecule has 1 N–H and O–H groups in total. The molecule has 16 heavy (non-hydrogen) atoms. The van der Waals surface area contributed by atoms with Crippen LogP contribution in [-0.4, -0.2) is 35.5 Å². The van der Waals surface area contributed by atoms with E-state index in [1.807, 2.05) is 0 Å². The fraction of sp³-hybridized carbons (Fsp3) is 0.923. The Balaban J connectivity index is 2.56. The monoisotopic (exact) mass is 226 g/mol. The zero-order valence-corrected chi connectivity index (χ0v) is 11.2. The summed E-state index contributed by atoms with van der Waals surface area (Å²) in [6.07, 6.45) is 4.29. The Morgan fingerprint density at radius 2 is 1.88 bits per heavy atom. The minimum atomic E-state index is 0.0671. The fourth-order valence-electron chi connectivity index (χ4n) is 2.11. The van der Waals surface area contributed by atoms with Crippen LogP contribution in [0.15, 0.2) is 0 Å². The molecule has 1 unspecified atom stereocenters. The summed E-state index contributed by atoms with van der Waals surface area (Å²) in [5.41, 5.74) is 0.107. The first-order valence-electron chi connectivity index (χ1n) is 6.62. The molecule has 3 nitrogen and oxygen atoms in total. The van der Waals surface area contributed by atoms with Gasteiger partial charge in [0.25, 0.3) is 0 Å². The summed E-state index contributed by atoms with van der Waals surface area (Å²) >= 11 is 0. The molecule has 3 heteroatoms. The van der Waals surface area contributed by atoms with Crippen molar-refractivity contribution in [2.75, 3.05) is 13.1 Å². The van der Waals surface area contributed by atoms with Gasteiger partial charge in [-0.15, -0.1) is 0 Å². The van der Waals surface area contributed by atoms with E-state index in [1.165, 1.54) is 0 Å². The van der Waals surface area contributed by atoms with Crippen LogP contribution in [0.1, 0.15) is 53.4 Å². The van der Waals surface area contributed by atoms with Gasteiger partial charge in [0.2, 0.25) is 5.91 Å². The standard InChI is InChI=1S/C13H26N2O/c1-5-8-11(15(6-2)7-3)12(16)14-13(4)9-10-13/h11H,5-10H2,1-4H3,(H,14,16). The summed E-state index contributed by atoms with van der Waals surface area (Å²) < 4.78 is 0. The minimum Gasteiger partial charge on any atom is -0.350 e. The first-order valence-corrected chi connectivity index (χ1v) is 6.62. The molecule has 1 aliphatic carbocycles. The highest BCUT2D eigenvalue weighted by Gasteiger charge is 2.40. The van der Waals surface area contributed by atoms with Crippen LogP contribution < -0.4 is 5.32 Å². The summed E-state index contributed by atoms with van der Waals surface area (Å²) in [5.74, 6) is 0.227. The molecule has 1 fully saturated rings.